The van der Waals surface area contributed by atoms with Crippen molar-refractivity contribution in [2.45, 2.75) is 89.1 Å². The van der Waals surface area contributed by atoms with Gasteiger partial charge >= 0.3 is 0 Å². The zero-order valence-corrected chi connectivity index (χ0v) is 33.1. The van der Waals surface area contributed by atoms with E-state index in [9.17, 15) is 0 Å². The number of allylic oxidation sites excluding steroid dienone is 1. The van der Waals surface area contributed by atoms with Crippen molar-refractivity contribution >= 4 is 60.9 Å². The quantitative estimate of drug-likeness (QED) is 0.179. The van der Waals surface area contributed by atoms with E-state index in [2.05, 4.69) is 130 Å². The fraction of sp³-hybridized carbons (Fsp3) is 0.296. The molecule has 4 aliphatic carbocycles. The first-order chi connectivity index (χ1) is 28.8. The molecule has 1 aliphatic heterocycles. The Hall–Kier alpha value is -5.74. The smallest absolute Gasteiger partial charge is 0.138 e. The number of nitrogens with zero attached hydrogens (tertiary/aromatic N) is 2. The molecule has 3 aromatic heterocycles. The number of ether oxygens (including phenoxy) is 1. The van der Waals surface area contributed by atoms with Gasteiger partial charge in [0, 0.05) is 55.0 Å². The lowest BCUT2D eigenvalue weighted by Crippen LogP contribution is -2.44. The summed E-state index contributed by atoms with van der Waals surface area (Å²) in [4.78, 5) is 0. The topological polar surface area (TPSA) is 32.2 Å². The number of fused-ring (bicyclic) bond motifs is 12. The molecule has 0 spiro atoms. The van der Waals surface area contributed by atoms with Crippen LogP contribution in [-0.2, 0) is 6.42 Å². The molecule has 0 saturated heterocycles. The van der Waals surface area contributed by atoms with Gasteiger partial charge in [0.05, 0.1) is 22.5 Å². The van der Waals surface area contributed by atoms with E-state index < -0.39 is 0 Å². The lowest BCUT2D eigenvalue weighted by molar-refractivity contribution is 0.249. The predicted octanol–water partition coefficient (Wildman–Crippen LogP) is 12.5. The van der Waals surface area contributed by atoms with Crippen LogP contribution in [0, 0.1) is 11.8 Å². The van der Waals surface area contributed by atoms with Crippen molar-refractivity contribution in [1.82, 2.24) is 9.13 Å². The summed E-state index contributed by atoms with van der Waals surface area (Å²) >= 11 is 0. The first kappa shape index (κ1) is 33.3. The minimum Gasteiger partial charge on any atom is -0.485 e. The minimum atomic E-state index is -0.0403. The van der Waals surface area contributed by atoms with Gasteiger partial charge in [0.25, 0.3) is 0 Å². The van der Waals surface area contributed by atoms with Crippen LogP contribution < -0.4 is 15.4 Å². The number of furan rings is 1. The number of hydrogen-bond donors (Lipinski definition) is 0. The maximum Gasteiger partial charge on any atom is 0.138 e. The summed E-state index contributed by atoms with van der Waals surface area (Å²) in [6.45, 7) is 0. The molecule has 0 N–H and O–H groups in total. The van der Waals surface area contributed by atoms with Crippen LogP contribution in [0.4, 0.5) is 0 Å². The average molecular weight is 757 g/mol. The van der Waals surface area contributed by atoms with E-state index in [0.29, 0.717) is 11.8 Å². The Kier molecular flexibility index (Phi) is 7.39. The Morgan fingerprint density at radius 1 is 0.552 bits per heavy atom. The summed E-state index contributed by atoms with van der Waals surface area (Å²) in [6, 6.07) is 40.9. The van der Waals surface area contributed by atoms with Crippen molar-refractivity contribution < 1.29 is 9.15 Å². The number of para-hydroxylation sites is 3. The van der Waals surface area contributed by atoms with E-state index in [0.717, 1.165) is 29.6 Å². The van der Waals surface area contributed by atoms with E-state index in [-0.39, 0.29) is 12.0 Å². The first-order valence-corrected chi connectivity index (χ1v) is 22.2. The van der Waals surface area contributed by atoms with E-state index in [1.807, 2.05) is 0 Å². The van der Waals surface area contributed by atoms with Gasteiger partial charge in [-0.25, -0.2) is 0 Å². The van der Waals surface area contributed by atoms with Crippen LogP contribution in [0.1, 0.15) is 93.4 Å². The van der Waals surface area contributed by atoms with Gasteiger partial charge in [-0.1, -0.05) is 99.2 Å². The SMILES string of the molecule is C1=Cc2c(c3ccccc3n2-c2ccc3oc4c(c3c2)=C(C2CCCCC2)C2c3cc(-n5c6ccccc6c6ccccc65)ccc3OC2C=4C2CCCCC2)CC1. The largest absolute Gasteiger partial charge is 0.485 e. The summed E-state index contributed by atoms with van der Waals surface area (Å²) in [5.74, 6) is 2.16. The molecular formula is C54H48N2O2. The predicted molar refractivity (Wildman–Crippen MR) is 238 cm³/mol. The number of aromatic nitrogens is 2. The third-order valence-electron chi connectivity index (χ3n) is 14.8. The molecule has 4 nitrogen and oxygen atoms in total. The maximum absolute atomic E-state index is 7.35. The van der Waals surface area contributed by atoms with E-state index in [1.165, 1.54) is 141 Å². The molecule has 13 rings (SSSR count). The zero-order chi connectivity index (χ0) is 37.9. The molecule has 4 heterocycles. The number of rotatable bonds is 4. The van der Waals surface area contributed by atoms with Gasteiger partial charge in [-0.2, -0.15) is 0 Å². The summed E-state index contributed by atoms with van der Waals surface area (Å²) < 4.78 is 19.6. The highest BCUT2D eigenvalue weighted by molar-refractivity contribution is 6.09. The summed E-state index contributed by atoms with van der Waals surface area (Å²) in [7, 11) is 0. The Bertz CT molecular complexity index is 3090. The molecule has 0 radical (unpaired) electrons. The molecular weight excluding hydrogens is 709 g/mol. The lowest BCUT2D eigenvalue weighted by atomic mass is 9.68. The summed E-state index contributed by atoms with van der Waals surface area (Å²) in [5, 5.41) is 6.64. The molecule has 0 amide bonds. The van der Waals surface area contributed by atoms with Gasteiger partial charge in [0.2, 0.25) is 0 Å². The number of benzene rings is 5. The van der Waals surface area contributed by atoms with Crippen LogP contribution in [0.25, 0.3) is 72.3 Å². The summed E-state index contributed by atoms with van der Waals surface area (Å²) in [5.41, 5.74) is 15.5. The standard InChI is InChI=1S/C54H48N2O2/c1-3-15-33(16-4-1)49-51-41-31-35(55-43-23-11-7-19-37(43)38-20-8-12-24-44(38)55)27-29-47(41)57-53(51)50(34-17-5-2-6-18-34)54-52(49)42-32-36(28-30-48(42)58-54)56-45-25-13-9-21-39(45)40-22-10-14-26-46(40)56/h7-9,11-14,19-21,23-34,51,53H,1-6,10,15-18,22H2. The minimum absolute atomic E-state index is 0.0403. The van der Waals surface area contributed by atoms with Crippen LogP contribution in [0.3, 0.4) is 0 Å². The van der Waals surface area contributed by atoms with E-state index >= 15 is 0 Å². The molecule has 5 aliphatic rings. The zero-order valence-electron chi connectivity index (χ0n) is 33.1. The van der Waals surface area contributed by atoms with Gasteiger partial charge in [-0.05, 0) is 122 Å². The Balaban J connectivity index is 1.10. The van der Waals surface area contributed by atoms with Gasteiger partial charge in [0.15, 0.2) is 0 Å². The normalized spacial score (nSPS) is 20.8. The van der Waals surface area contributed by atoms with Crippen LogP contribution in [0.5, 0.6) is 5.75 Å². The van der Waals surface area contributed by atoms with Gasteiger partial charge in [-0.15, -0.1) is 0 Å². The van der Waals surface area contributed by atoms with E-state index in [1.54, 1.807) is 5.57 Å². The Morgan fingerprint density at radius 3 is 1.90 bits per heavy atom. The molecule has 286 valence electrons. The van der Waals surface area contributed by atoms with Crippen LogP contribution >= 0.6 is 0 Å². The van der Waals surface area contributed by atoms with Crippen LogP contribution in [0.15, 0.2) is 120 Å². The number of aryl methyl sites for hydroxylation is 1. The Morgan fingerprint density at radius 2 is 1.17 bits per heavy atom. The van der Waals surface area contributed by atoms with Crippen molar-refractivity contribution in [2.24, 2.45) is 11.8 Å². The fourth-order valence-electron chi connectivity index (χ4n) is 12.3. The molecule has 0 bridgehead atoms. The molecule has 58 heavy (non-hydrogen) atoms. The van der Waals surface area contributed by atoms with Gasteiger partial charge in [0.1, 0.15) is 22.9 Å². The van der Waals surface area contributed by atoms with Crippen molar-refractivity contribution in [3.63, 3.8) is 0 Å². The lowest BCUT2D eigenvalue weighted by Gasteiger charge is -2.36. The van der Waals surface area contributed by atoms with Crippen molar-refractivity contribution in [2.75, 3.05) is 0 Å². The monoisotopic (exact) mass is 756 g/mol. The van der Waals surface area contributed by atoms with Crippen LogP contribution in [-0.4, -0.2) is 15.2 Å². The summed E-state index contributed by atoms with van der Waals surface area (Å²) in [6.07, 6.45) is 19.5. The highest BCUT2D eigenvalue weighted by atomic mass is 16.5. The molecule has 2 fully saturated rings. The third-order valence-corrected chi connectivity index (χ3v) is 14.8. The first-order valence-electron chi connectivity index (χ1n) is 22.2. The number of hydrogen-bond acceptors (Lipinski definition) is 2. The molecule has 2 atom stereocenters. The highest BCUT2D eigenvalue weighted by Gasteiger charge is 2.47. The maximum atomic E-state index is 7.35. The van der Waals surface area contributed by atoms with E-state index in [4.69, 9.17) is 9.15 Å². The average Bonchev–Trinajstić information content (AvgIpc) is 4.04. The second-order valence-electron chi connectivity index (χ2n) is 17.8. The fourth-order valence-corrected chi connectivity index (χ4v) is 12.3. The molecule has 2 saturated carbocycles. The van der Waals surface area contributed by atoms with Crippen molar-refractivity contribution in [3.8, 4) is 17.1 Å². The molecule has 4 heteroatoms. The Labute approximate surface area is 338 Å². The van der Waals surface area contributed by atoms with Crippen molar-refractivity contribution in [3.05, 3.63) is 143 Å². The highest BCUT2D eigenvalue weighted by Crippen LogP contribution is 2.54. The second-order valence-corrected chi connectivity index (χ2v) is 17.8. The van der Waals surface area contributed by atoms with Crippen LogP contribution in [0.2, 0.25) is 0 Å². The van der Waals surface area contributed by atoms with Gasteiger partial charge < -0.3 is 18.3 Å². The second kappa shape index (κ2) is 12.9. The van der Waals surface area contributed by atoms with Crippen molar-refractivity contribution in [1.29, 1.82) is 0 Å². The third kappa shape index (κ3) is 4.75. The molecule has 2 unspecified atom stereocenters. The molecule has 5 aromatic carbocycles. The van der Waals surface area contributed by atoms with Gasteiger partial charge in [-0.3, -0.25) is 0 Å². The molecule has 8 aromatic rings.